The number of aromatic hydroxyl groups is 1. The molecule has 1 aromatic heterocycles. The van der Waals surface area contributed by atoms with E-state index in [0.29, 0.717) is 29.6 Å². The first-order valence-corrected chi connectivity index (χ1v) is 8.29. The molecular formula is C16H21NO4S. The second-order valence-corrected chi connectivity index (χ2v) is 5.83. The van der Waals surface area contributed by atoms with E-state index in [2.05, 4.69) is 11.9 Å². The number of thiazole rings is 1. The van der Waals surface area contributed by atoms with Gasteiger partial charge in [-0.15, -0.1) is 0 Å². The molecule has 0 aliphatic heterocycles. The monoisotopic (exact) mass is 323 g/mol. The second kappa shape index (κ2) is 7.89. The quantitative estimate of drug-likeness (QED) is 0.725. The molecule has 22 heavy (non-hydrogen) atoms. The molecule has 0 unspecified atom stereocenters. The van der Waals surface area contributed by atoms with E-state index in [1.54, 1.807) is 6.07 Å². The lowest BCUT2D eigenvalue weighted by Gasteiger charge is -2.13. The zero-order valence-electron chi connectivity index (χ0n) is 12.8. The van der Waals surface area contributed by atoms with Crippen LogP contribution in [0.1, 0.15) is 33.1 Å². The molecule has 0 spiro atoms. The summed E-state index contributed by atoms with van der Waals surface area (Å²) in [5.41, 5.74) is 0.727. The van der Waals surface area contributed by atoms with E-state index in [9.17, 15) is 9.90 Å². The van der Waals surface area contributed by atoms with Crippen LogP contribution in [0.25, 0.3) is 10.4 Å². The minimum atomic E-state index is -0.287. The van der Waals surface area contributed by atoms with Crippen molar-refractivity contribution in [2.24, 2.45) is 0 Å². The van der Waals surface area contributed by atoms with E-state index < -0.39 is 0 Å². The highest BCUT2D eigenvalue weighted by atomic mass is 32.1. The van der Waals surface area contributed by atoms with Crippen LogP contribution in [0.4, 0.5) is 0 Å². The van der Waals surface area contributed by atoms with Crippen molar-refractivity contribution < 1.29 is 14.6 Å². The third-order valence-corrected chi connectivity index (χ3v) is 4.06. The van der Waals surface area contributed by atoms with E-state index in [0.717, 1.165) is 36.2 Å². The highest BCUT2D eigenvalue weighted by Crippen LogP contribution is 2.36. The van der Waals surface area contributed by atoms with E-state index in [1.807, 2.05) is 19.1 Å². The van der Waals surface area contributed by atoms with Crippen molar-refractivity contribution in [1.29, 1.82) is 0 Å². The number of nitrogens with one attached hydrogen (secondary N) is 1. The van der Waals surface area contributed by atoms with Crippen LogP contribution in [-0.4, -0.2) is 23.3 Å². The van der Waals surface area contributed by atoms with Gasteiger partial charge in [0.2, 0.25) is 5.88 Å². The Hall–Kier alpha value is -1.95. The Bertz CT molecular complexity index is 662. The average Bonchev–Trinajstić information content (AvgIpc) is 2.84. The summed E-state index contributed by atoms with van der Waals surface area (Å²) in [7, 11) is 0. The molecule has 0 fully saturated rings. The van der Waals surface area contributed by atoms with Gasteiger partial charge in [-0.3, -0.25) is 9.78 Å². The molecule has 0 saturated carbocycles. The van der Waals surface area contributed by atoms with Crippen molar-refractivity contribution in [3.63, 3.8) is 0 Å². The molecule has 0 saturated heterocycles. The van der Waals surface area contributed by atoms with Gasteiger partial charge in [-0.2, -0.15) is 0 Å². The number of ether oxygens (including phenoxy) is 2. The third kappa shape index (κ3) is 4.04. The maximum absolute atomic E-state index is 11.3. The van der Waals surface area contributed by atoms with Gasteiger partial charge in [0.05, 0.1) is 18.1 Å². The van der Waals surface area contributed by atoms with Gasteiger partial charge in [0.1, 0.15) is 0 Å². The van der Waals surface area contributed by atoms with Crippen molar-refractivity contribution in [1.82, 2.24) is 4.98 Å². The van der Waals surface area contributed by atoms with Crippen LogP contribution < -0.4 is 14.3 Å². The summed E-state index contributed by atoms with van der Waals surface area (Å²) in [4.78, 5) is 13.9. The lowest BCUT2D eigenvalue weighted by Crippen LogP contribution is -2.01. The van der Waals surface area contributed by atoms with Crippen LogP contribution in [0.2, 0.25) is 0 Å². The molecule has 2 N–H and O–H groups in total. The fourth-order valence-corrected chi connectivity index (χ4v) is 2.81. The van der Waals surface area contributed by atoms with E-state index in [-0.39, 0.29) is 10.8 Å². The molecular weight excluding hydrogens is 302 g/mol. The number of aromatic nitrogens is 1. The zero-order chi connectivity index (χ0) is 15.9. The molecule has 0 bridgehead atoms. The van der Waals surface area contributed by atoms with Crippen LogP contribution in [0.3, 0.4) is 0 Å². The first-order chi connectivity index (χ1) is 10.7. The maximum Gasteiger partial charge on any atom is 0.307 e. The van der Waals surface area contributed by atoms with Crippen molar-refractivity contribution >= 4 is 11.3 Å². The Morgan fingerprint density at radius 1 is 1.18 bits per heavy atom. The van der Waals surface area contributed by atoms with Crippen LogP contribution in [0.15, 0.2) is 23.0 Å². The molecule has 2 rings (SSSR count). The van der Waals surface area contributed by atoms with Gasteiger partial charge in [-0.25, -0.2) is 0 Å². The lowest BCUT2D eigenvalue weighted by molar-refractivity contribution is 0.271. The Kier molecular flexibility index (Phi) is 5.89. The second-order valence-electron chi connectivity index (χ2n) is 4.84. The number of rotatable bonds is 8. The molecule has 6 heteroatoms. The molecule has 1 aromatic carbocycles. The van der Waals surface area contributed by atoms with Crippen LogP contribution >= 0.6 is 11.3 Å². The first-order valence-electron chi connectivity index (χ1n) is 7.47. The Morgan fingerprint density at radius 2 is 2.00 bits per heavy atom. The number of unbranched alkanes of at least 4 members (excludes halogenated alkanes) is 2. The standard InChI is InChI=1S/C16H21NO4S/c1-3-5-6-9-21-12-8-7-11(10-13(12)20-4-2)14-15(18)17-16(19)22-14/h7-8,10,18H,3-6,9H2,1-2H3,(H,17,19). The van der Waals surface area contributed by atoms with Gasteiger partial charge in [-0.05, 0) is 31.5 Å². The fraction of sp³-hybridized carbons (Fsp3) is 0.438. The SMILES string of the molecule is CCCCCOc1ccc(-c2sc(=O)[nH]c2O)cc1OCC. The Balaban J connectivity index is 2.22. The molecule has 0 radical (unpaired) electrons. The minimum Gasteiger partial charge on any atom is -0.493 e. The number of hydrogen-bond acceptors (Lipinski definition) is 5. The summed E-state index contributed by atoms with van der Waals surface area (Å²) in [5.74, 6) is 1.19. The van der Waals surface area contributed by atoms with Gasteiger partial charge in [0, 0.05) is 5.56 Å². The smallest absolute Gasteiger partial charge is 0.307 e. The van der Waals surface area contributed by atoms with Gasteiger partial charge in [-0.1, -0.05) is 31.1 Å². The Labute approximate surface area is 133 Å². The number of hydrogen-bond donors (Lipinski definition) is 2. The van der Waals surface area contributed by atoms with Crippen molar-refractivity contribution in [2.75, 3.05) is 13.2 Å². The van der Waals surface area contributed by atoms with Crippen molar-refractivity contribution in [2.45, 2.75) is 33.1 Å². The normalized spacial score (nSPS) is 10.6. The Morgan fingerprint density at radius 3 is 2.64 bits per heavy atom. The van der Waals surface area contributed by atoms with Gasteiger partial charge in [0.15, 0.2) is 11.5 Å². The van der Waals surface area contributed by atoms with E-state index in [4.69, 9.17) is 9.47 Å². The third-order valence-electron chi connectivity index (χ3n) is 3.14. The highest BCUT2D eigenvalue weighted by Gasteiger charge is 2.13. The summed E-state index contributed by atoms with van der Waals surface area (Å²) in [6.07, 6.45) is 3.28. The molecule has 0 atom stereocenters. The van der Waals surface area contributed by atoms with Gasteiger partial charge >= 0.3 is 4.87 Å². The van der Waals surface area contributed by atoms with Gasteiger partial charge < -0.3 is 14.6 Å². The largest absolute Gasteiger partial charge is 0.493 e. The fourth-order valence-electron chi connectivity index (χ4n) is 2.09. The molecule has 5 nitrogen and oxygen atoms in total. The molecule has 0 amide bonds. The molecule has 120 valence electrons. The van der Waals surface area contributed by atoms with E-state index in [1.165, 1.54) is 0 Å². The molecule has 0 aliphatic rings. The summed E-state index contributed by atoms with van der Waals surface area (Å²) >= 11 is 0.967. The van der Waals surface area contributed by atoms with Crippen LogP contribution in [-0.2, 0) is 0 Å². The topological polar surface area (TPSA) is 71.6 Å². The average molecular weight is 323 g/mol. The van der Waals surface area contributed by atoms with Crippen LogP contribution in [0.5, 0.6) is 17.4 Å². The van der Waals surface area contributed by atoms with E-state index >= 15 is 0 Å². The number of aromatic amines is 1. The van der Waals surface area contributed by atoms with Crippen LogP contribution in [0, 0.1) is 0 Å². The predicted molar refractivity (Wildman–Crippen MR) is 88.2 cm³/mol. The highest BCUT2D eigenvalue weighted by molar-refractivity contribution is 7.13. The number of H-pyrrole nitrogens is 1. The predicted octanol–water partition coefficient (Wildman–Crippen LogP) is 3.78. The van der Waals surface area contributed by atoms with Gasteiger partial charge in [0.25, 0.3) is 0 Å². The van der Waals surface area contributed by atoms with Crippen molar-refractivity contribution in [3.05, 3.63) is 27.9 Å². The van der Waals surface area contributed by atoms with Crippen molar-refractivity contribution in [3.8, 4) is 27.8 Å². The summed E-state index contributed by atoms with van der Waals surface area (Å²) in [6, 6.07) is 5.42. The molecule has 0 aliphatic carbocycles. The molecule has 1 heterocycles. The summed E-state index contributed by atoms with van der Waals surface area (Å²) in [6.45, 7) is 5.22. The zero-order valence-corrected chi connectivity index (χ0v) is 13.7. The summed E-state index contributed by atoms with van der Waals surface area (Å²) < 4.78 is 11.4. The first kappa shape index (κ1) is 16.4. The lowest BCUT2D eigenvalue weighted by atomic mass is 10.1. The molecule has 2 aromatic rings. The maximum atomic E-state index is 11.3. The minimum absolute atomic E-state index is 0.117. The number of benzene rings is 1. The summed E-state index contributed by atoms with van der Waals surface area (Å²) in [5, 5.41) is 9.76.